The minimum Gasteiger partial charge on any atom is -0.490 e. The average Bonchev–Trinajstić information content (AvgIpc) is 2.49. The van der Waals surface area contributed by atoms with Gasteiger partial charge in [0.15, 0.2) is 0 Å². The lowest BCUT2D eigenvalue weighted by Gasteiger charge is -2.11. The summed E-state index contributed by atoms with van der Waals surface area (Å²) in [6, 6.07) is 13.8. The second kappa shape index (κ2) is 7.71. The number of hydrogen-bond donors (Lipinski definition) is 1. The molecule has 0 aliphatic carbocycles. The van der Waals surface area contributed by atoms with Crippen molar-refractivity contribution < 1.29 is 13.9 Å². The summed E-state index contributed by atoms with van der Waals surface area (Å²) in [5.74, 6) is 0.358. The molecule has 0 atom stereocenters. The van der Waals surface area contributed by atoms with Crippen molar-refractivity contribution in [2.24, 2.45) is 5.73 Å². The van der Waals surface area contributed by atoms with Crippen LogP contribution < -0.4 is 10.5 Å². The first-order valence-electron chi connectivity index (χ1n) is 6.51. The van der Waals surface area contributed by atoms with Gasteiger partial charge < -0.3 is 15.2 Å². The van der Waals surface area contributed by atoms with Gasteiger partial charge in [-0.05, 0) is 18.2 Å². The van der Waals surface area contributed by atoms with Crippen LogP contribution in [0, 0.1) is 5.82 Å². The van der Waals surface area contributed by atoms with E-state index < -0.39 is 0 Å². The van der Waals surface area contributed by atoms with E-state index in [4.69, 9.17) is 27.4 Å². The van der Waals surface area contributed by atoms with E-state index in [1.165, 1.54) is 6.07 Å². The summed E-state index contributed by atoms with van der Waals surface area (Å²) < 4.78 is 24.3. The third kappa shape index (κ3) is 4.51. The lowest BCUT2D eigenvalue weighted by atomic mass is 10.2. The average molecular weight is 305 g/mol. The van der Waals surface area contributed by atoms with E-state index in [0.29, 0.717) is 30.1 Å². The van der Waals surface area contributed by atoms with E-state index >= 15 is 0 Å². The highest BCUT2D eigenvalue weighted by molar-refractivity contribution is 7.80. The van der Waals surface area contributed by atoms with Crippen LogP contribution in [-0.2, 0) is 11.3 Å². The standard InChI is InChI=1S/C16H16FNO2S/c17-14-7-3-1-5-12(14)11-19-9-10-20-15-8-4-2-6-13(15)16(18)21/h1-8H,9-11H2,(H2,18,21). The Morgan fingerprint density at radius 3 is 2.52 bits per heavy atom. The molecule has 0 unspecified atom stereocenters. The van der Waals surface area contributed by atoms with Crippen LogP contribution in [0.15, 0.2) is 48.5 Å². The van der Waals surface area contributed by atoms with Crippen LogP contribution >= 0.6 is 12.2 Å². The van der Waals surface area contributed by atoms with Crippen LogP contribution in [0.1, 0.15) is 11.1 Å². The van der Waals surface area contributed by atoms with Gasteiger partial charge in [-0.2, -0.15) is 0 Å². The van der Waals surface area contributed by atoms with E-state index in [0.717, 1.165) is 0 Å². The van der Waals surface area contributed by atoms with Crippen molar-refractivity contribution in [1.82, 2.24) is 0 Å². The number of ether oxygens (including phenoxy) is 2. The quantitative estimate of drug-likeness (QED) is 0.631. The van der Waals surface area contributed by atoms with Crippen molar-refractivity contribution in [1.29, 1.82) is 0 Å². The second-order valence-corrected chi connectivity index (χ2v) is 4.79. The molecule has 0 spiro atoms. The van der Waals surface area contributed by atoms with Gasteiger partial charge in [-0.15, -0.1) is 0 Å². The number of nitrogens with two attached hydrogens (primary N) is 1. The number of hydrogen-bond acceptors (Lipinski definition) is 3. The largest absolute Gasteiger partial charge is 0.490 e. The molecular weight excluding hydrogens is 289 g/mol. The van der Waals surface area contributed by atoms with E-state index in [9.17, 15) is 4.39 Å². The van der Waals surface area contributed by atoms with Gasteiger partial charge in [0.05, 0.1) is 18.8 Å². The zero-order valence-electron chi connectivity index (χ0n) is 11.4. The van der Waals surface area contributed by atoms with E-state index in [-0.39, 0.29) is 17.4 Å². The summed E-state index contributed by atoms with van der Waals surface area (Å²) in [6.07, 6.45) is 0. The molecule has 110 valence electrons. The highest BCUT2D eigenvalue weighted by atomic mass is 32.1. The predicted octanol–water partition coefficient (Wildman–Crippen LogP) is 3.06. The van der Waals surface area contributed by atoms with Gasteiger partial charge in [0.2, 0.25) is 0 Å². The number of rotatable bonds is 7. The van der Waals surface area contributed by atoms with Crippen molar-refractivity contribution >= 4 is 17.2 Å². The third-order valence-corrected chi connectivity index (χ3v) is 3.07. The molecule has 0 fully saturated rings. The van der Waals surface area contributed by atoms with Gasteiger partial charge in [-0.1, -0.05) is 42.5 Å². The number of benzene rings is 2. The van der Waals surface area contributed by atoms with Gasteiger partial charge >= 0.3 is 0 Å². The first-order chi connectivity index (χ1) is 10.2. The summed E-state index contributed by atoms with van der Waals surface area (Å²) in [5, 5.41) is 0. The smallest absolute Gasteiger partial charge is 0.129 e. The molecule has 5 heteroatoms. The molecule has 2 aromatic rings. The van der Waals surface area contributed by atoms with E-state index in [1.54, 1.807) is 30.3 Å². The fraction of sp³-hybridized carbons (Fsp3) is 0.188. The number of thiocarbonyl (C=S) groups is 1. The topological polar surface area (TPSA) is 44.5 Å². The van der Waals surface area contributed by atoms with Gasteiger partial charge in [0.25, 0.3) is 0 Å². The Labute approximate surface area is 128 Å². The molecule has 0 bridgehead atoms. The minimum atomic E-state index is -0.266. The van der Waals surface area contributed by atoms with Crippen molar-refractivity contribution in [3.05, 3.63) is 65.5 Å². The zero-order valence-corrected chi connectivity index (χ0v) is 12.2. The Morgan fingerprint density at radius 2 is 1.76 bits per heavy atom. The van der Waals surface area contributed by atoms with Crippen molar-refractivity contribution in [2.75, 3.05) is 13.2 Å². The molecule has 0 aliphatic heterocycles. The maximum absolute atomic E-state index is 13.4. The summed E-state index contributed by atoms with van der Waals surface area (Å²) in [6.45, 7) is 0.904. The Bertz CT molecular complexity index is 619. The Balaban J connectivity index is 1.78. The molecule has 3 nitrogen and oxygen atoms in total. The molecule has 0 radical (unpaired) electrons. The Morgan fingerprint density at radius 1 is 1.05 bits per heavy atom. The first kappa shape index (κ1) is 15.4. The molecule has 0 aliphatic rings. The Kier molecular flexibility index (Phi) is 5.66. The maximum atomic E-state index is 13.4. The lowest BCUT2D eigenvalue weighted by molar-refractivity contribution is 0.0871. The van der Waals surface area contributed by atoms with Gasteiger partial charge in [-0.25, -0.2) is 4.39 Å². The molecule has 2 N–H and O–H groups in total. The molecule has 0 aromatic heterocycles. The molecular formula is C16H16FNO2S. The molecule has 0 amide bonds. The van der Waals surface area contributed by atoms with Gasteiger partial charge in [-0.3, -0.25) is 0 Å². The van der Waals surface area contributed by atoms with Crippen LogP contribution in [0.25, 0.3) is 0 Å². The summed E-state index contributed by atoms with van der Waals surface area (Å²) in [4.78, 5) is 0.290. The number of halogens is 1. The highest BCUT2D eigenvalue weighted by Gasteiger charge is 2.05. The molecule has 2 aromatic carbocycles. The SMILES string of the molecule is NC(=S)c1ccccc1OCCOCc1ccccc1F. The lowest BCUT2D eigenvalue weighted by Crippen LogP contribution is -2.13. The first-order valence-corrected chi connectivity index (χ1v) is 6.92. The monoisotopic (exact) mass is 305 g/mol. The van der Waals surface area contributed by atoms with Crippen LogP contribution in [0.4, 0.5) is 4.39 Å². The fourth-order valence-corrected chi connectivity index (χ4v) is 1.97. The van der Waals surface area contributed by atoms with Crippen LogP contribution in [0.5, 0.6) is 5.75 Å². The van der Waals surface area contributed by atoms with Crippen LogP contribution in [-0.4, -0.2) is 18.2 Å². The molecule has 0 heterocycles. The Hall–Kier alpha value is -1.98. The van der Waals surface area contributed by atoms with E-state index in [2.05, 4.69) is 0 Å². The highest BCUT2D eigenvalue weighted by Crippen LogP contribution is 2.17. The van der Waals surface area contributed by atoms with Gasteiger partial charge in [0, 0.05) is 5.56 Å². The van der Waals surface area contributed by atoms with Crippen LogP contribution in [0.2, 0.25) is 0 Å². The van der Waals surface area contributed by atoms with Crippen LogP contribution in [0.3, 0.4) is 0 Å². The second-order valence-electron chi connectivity index (χ2n) is 4.35. The molecule has 21 heavy (non-hydrogen) atoms. The normalized spacial score (nSPS) is 10.3. The number of para-hydroxylation sites is 1. The summed E-state index contributed by atoms with van der Waals surface area (Å²) in [5.41, 5.74) is 6.84. The minimum absolute atomic E-state index is 0.215. The molecule has 0 saturated heterocycles. The predicted molar refractivity (Wildman–Crippen MR) is 83.9 cm³/mol. The van der Waals surface area contributed by atoms with E-state index in [1.807, 2.05) is 12.1 Å². The summed E-state index contributed by atoms with van der Waals surface area (Å²) >= 11 is 4.95. The molecule has 0 saturated carbocycles. The van der Waals surface area contributed by atoms with Gasteiger partial charge in [0.1, 0.15) is 23.2 Å². The maximum Gasteiger partial charge on any atom is 0.129 e. The van der Waals surface area contributed by atoms with Crippen molar-refractivity contribution in [3.8, 4) is 5.75 Å². The van der Waals surface area contributed by atoms with Crippen molar-refractivity contribution in [3.63, 3.8) is 0 Å². The van der Waals surface area contributed by atoms with Crippen molar-refractivity contribution in [2.45, 2.75) is 6.61 Å². The third-order valence-electron chi connectivity index (χ3n) is 2.85. The molecule has 2 rings (SSSR count). The zero-order chi connectivity index (χ0) is 15.1. The fourth-order valence-electron chi connectivity index (χ4n) is 1.80. The summed E-state index contributed by atoms with van der Waals surface area (Å²) in [7, 11) is 0.